The number of rotatable bonds is 0. The van der Waals surface area contributed by atoms with Crippen molar-refractivity contribution in [3.8, 4) is 0 Å². The number of nitrogens with one attached hydrogen (secondary N) is 1. The molecule has 0 spiro atoms. The second-order valence-electron chi connectivity index (χ2n) is 4.97. The van der Waals surface area contributed by atoms with E-state index in [1.807, 2.05) is 0 Å². The largest absolute Gasteiger partial charge is 0.314 e. The van der Waals surface area contributed by atoms with Gasteiger partial charge in [-0.3, -0.25) is 0 Å². The Morgan fingerprint density at radius 3 is 2.23 bits per heavy atom. The molecule has 13 heavy (non-hydrogen) atoms. The van der Waals surface area contributed by atoms with Crippen molar-refractivity contribution in [3.63, 3.8) is 0 Å². The van der Waals surface area contributed by atoms with E-state index in [0.29, 0.717) is 0 Å². The second-order valence-corrected chi connectivity index (χ2v) is 4.97. The molecule has 3 fully saturated rings. The molecule has 1 aliphatic heterocycles. The summed E-state index contributed by atoms with van der Waals surface area (Å²) < 4.78 is 0. The lowest BCUT2D eigenvalue weighted by Gasteiger charge is -2.33. The van der Waals surface area contributed by atoms with Gasteiger partial charge >= 0.3 is 0 Å². The fourth-order valence-corrected chi connectivity index (χ4v) is 2.29. The number of fused-ring (bicyclic) bond motifs is 1. The van der Waals surface area contributed by atoms with Gasteiger partial charge < -0.3 is 5.32 Å². The van der Waals surface area contributed by atoms with Crippen molar-refractivity contribution in [2.45, 2.75) is 39.2 Å². The lowest BCUT2D eigenvalue weighted by molar-refractivity contribution is 0.328. The van der Waals surface area contributed by atoms with Crippen LogP contribution in [0.15, 0.2) is 12.2 Å². The highest BCUT2D eigenvalue weighted by Crippen LogP contribution is 2.37. The summed E-state index contributed by atoms with van der Waals surface area (Å²) >= 11 is 0. The van der Waals surface area contributed by atoms with Gasteiger partial charge in [0.1, 0.15) is 0 Å². The van der Waals surface area contributed by atoms with Gasteiger partial charge in [0.25, 0.3) is 0 Å². The third kappa shape index (κ3) is 1.96. The van der Waals surface area contributed by atoms with Crippen LogP contribution in [0, 0.1) is 17.8 Å². The first-order valence-corrected chi connectivity index (χ1v) is 5.59. The van der Waals surface area contributed by atoms with Crippen LogP contribution in [0.5, 0.6) is 0 Å². The van der Waals surface area contributed by atoms with Crippen LogP contribution in [0.3, 0.4) is 0 Å². The maximum absolute atomic E-state index is 3.89. The van der Waals surface area contributed by atoms with Crippen LogP contribution in [0.4, 0.5) is 0 Å². The normalized spacial score (nSPS) is 45.8. The molecule has 1 saturated heterocycles. The molecule has 1 heterocycles. The molecule has 3 rings (SSSR count). The minimum Gasteiger partial charge on any atom is -0.314 e. The molecule has 3 aliphatic rings. The molecule has 1 N–H and O–H groups in total. The van der Waals surface area contributed by atoms with E-state index in [1.54, 1.807) is 0 Å². The quantitative estimate of drug-likeness (QED) is 0.564. The molecule has 0 aromatic heterocycles. The molecule has 0 aromatic carbocycles. The van der Waals surface area contributed by atoms with E-state index in [0.717, 1.165) is 23.8 Å². The van der Waals surface area contributed by atoms with E-state index in [2.05, 4.69) is 25.7 Å². The fraction of sp³-hybridized carbons (Fsp3) is 0.833. The first-order chi connectivity index (χ1) is 6.18. The molecule has 0 amide bonds. The maximum atomic E-state index is 3.89. The number of hydrogen-bond acceptors (Lipinski definition) is 1. The van der Waals surface area contributed by atoms with E-state index in [-0.39, 0.29) is 0 Å². The Labute approximate surface area is 81.6 Å². The van der Waals surface area contributed by atoms with Crippen molar-refractivity contribution in [1.29, 1.82) is 0 Å². The zero-order chi connectivity index (χ0) is 9.42. The molecule has 2 aliphatic carbocycles. The third-order valence-electron chi connectivity index (χ3n) is 3.93. The molecule has 1 nitrogen and oxygen atoms in total. The monoisotopic (exact) mass is 179 g/mol. The van der Waals surface area contributed by atoms with Crippen molar-refractivity contribution in [1.82, 2.24) is 5.32 Å². The Hall–Kier alpha value is -0.300. The van der Waals surface area contributed by atoms with Crippen LogP contribution in [0.2, 0.25) is 0 Å². The molecule has 0 aromatic rings. The predicted octanol–water partition coefficient (Wildman–Crippen LogP) is 2.59. The number of piperidine rings is 1. The summed E-state index contributed by atoms with van der Waals surface area (Å²) in [5, 5.41) is 3.39. The van der Waals surface area contributed by atoms with Gasteiger partial charge in [0.2, 0.25) is 0 Å². The molecule has 2 saturated carbocycles. The zero-order valence-corrected chi connectivity index (χ0v) is 8.84. The van der Waals surface area contributed by atoms with Gasteiger partial charge in [0.15, 0.2) is 0 Å². The summed E-state index contributed by atoms with van der Waals surface area (Å²) in [6.45, 7) is 9.70. The smallest absolute Gasteiger partial charge is 0.00996 e. The van der Waals surface area contributed by atoms with E-state index in [9.17, 15) is 0 Å². The van der Waals surface area contributed by atoms with Crippen molar-refractivity contribution in [3.05, 3.63) is 12.2 Å². The summed E-state index contributed by atoms with van der Waals surface area (Å²) in [6, 6.07) is 0.963. The van der Waals surface area contributed by atoms with E-state index in [4.69, 9.17) is 0 Å². The van der Waals surface area contributed by atoms with Crippen LogP contribution < -0.4 is 5.32 Å². The second kappa shape index (κ2) is 3.45. The van der Waals surface area contributed by atoms with Crippen LogP contribution in [-0.4, -0.2) is 12.6 Å². The van der Waals surface area contributed by atoms with Crippen molar-refractivity contribution < 1.29 is 0 Å². The first kappa shape index (κ1) is 9.26. The van der Waals surface area contributed by atoms with Gasteiger partial charge in [-0.2, -0.15) is 0 Å². The zero-order valence-electron chi connectivity index (χ0n) is 8.84. The highest BCUT2D eigenvalue weighted by atomic mass is 15.0. The molecule has 4 unspecified atom stereocenters. The van der Waals surface area contributed by atoms with Crippen molar-refractivity contribution in [2.24, 2.45) is 17.8 Å². The molecule has 0 bridgehead atoms. The minimum absolute atomic E-state index is 0.806. The van der Waals surface area contributed by atoms with Crippen LogP contribution in [0.1, 0.15) is 33.1 Å². The molecular formula is C12H21N. The van der Waals surface area contributed by atoms with Gasteiger partial charge in [-0.05, 0) is 43.6 Å². The van der Waals surface area contributed by atoms with Crippen LogP contribution in [-0.2, 0) is 0 Å². The maximum Gasteiger partial charge on any atom is 0.00996 e. The van der Waals surface area contributed by atoms with E-state index in [1.165, 1.54) is 31.4 Å². The Kier molecular flexibility index (Phi) is 2.46. The predicted molar refractivity (Wildman–Crippen MR) is 56.6 cm³/mol. The topological polar surface area (TPSA) is 12.0 Å². The Bertz CT molecular complexity index is 201. The third-order valence-corrected chi connectivity index (χ3v) is 3.93. The number of allylic oxidation sites excluding steroid dienone is 1. The Morgan fingerprint density at radius 1 is 1.38 bits per heavy atom. The van der Waals surface area contributed by atoms with Crippen LogP contribution in [0.25, 0.3) is 0 Å². The van der Waals surface area contributed by atoms with Crippen molar-refractivity contribution in [2.75, 3.05) is 6.54 Å². The standard InChI is InChI=1S/C7H12.C5H9N/c1-5-4-6(2)7(5)3;1-2-6-5-3-4(1)5/h6-7H,1,4H2,2-3H3;4-6H,1-3H2. The van der Waals surface area contributed by atoms with E-state index < -0.39 is 0 Å². The van der Waals surface area contributed by atoms with Crippen LogP contribution >= 0.6 is 0 Å². The average Bonchev–Trinajstić information content (AvgIpc) is 2.75. The van der Waals surface area contributed by atoms with Gasteiger partial charge in [-0.15, -0.1) is 0 Å². The van der Waals surface area contributed by atoms with Gasteiger partial charge in [-0.1, -0.05) is 26.0 Å². The fourth-order valence-electron chi connectivity index (χ4n) is 2.29. The highest BCUT2D eigenvalue weighted by molar-refractivity contribution is 5.11. The molecule has 74 valence electrons. The average molecular weight is 179 g/mol. The summed E-state index contributed by atoms with van der Waals surface area (Å²) in [6.07, 6.45) is 4.19. The highest BCUT2D eigenvalue weighted by Gasteiger charge is 2.40. The molecule has 4 atom stereocenters. The molecule has 0 radical (unpaired) electrons. The lowest BCUT2D eigenvalue weighted by Crippen LogP contribution is -2.22. The first-order valence-electron chi connectivity index (χ1n) is 5.59. The Morgan fingerprint density at radius 2 is 2.15 bits per heavy atom. The van der Waals surface area contributed by atoms with Crippen molar-refractivity contribution >= 4 is 0 Å². The molecular weight excluding hydrogens is 158 g/mol. The Balaban J connectivity index is 0.000000101. The SMILES string of the molecule is C1CC2CC2N1.C=C1CC(C)C1C. The summed E-state index contributed by atoms with van der Waals surface area (Å²) in [5.74, 6) is 2.82. The molecule has 1 heteroatoms. The lowest BCUT2D eigenvalue weighted by atomic mass is 9.72. The summed E-state index contributed by atoms with van der Waals surface area (Å²) in [7, 11) is 0. The van der Waals surface area contributed by atoms with E-state index >= 15 is 0 Å². The summed E-state index contributed by atoms with van der Waals surface area (Å²) in [4.78, 5) is 0. The minimum atomic E-state index is 0.806. The van der Waals surface area contributed by atoms with Gasteiger partial charge in [0.05, 0.1) is 0 Å². The van der Waals surface area contributed by atoms with Gasteiger partial charge in [0, 0.05) is 6.04 Å². The van der Waals surface area contributed by atoms with Gasteiger partial charge in [-0.25, -0.2) is 0 Å². The summed E-state index contributed by atoms with van der Waals surface area (Å²) in [5.41, 5.74) is 1.44. The number of hydrogen-bond donors (Lipinski definition) is 1.